The monoisotopic (exact) mass is 272 g/mol. The fourth-order valence-corrected chi connectivity index (χ4v) is 2.15. The molecule has 0 aliphatic carbocycles. The number of aromatic nitrogens is 3. The third kappa shape index (κ3) is 2.53. The summed E-state index contributed by atoms with van der Waals surface area (Å²) in [5.41, 5.74) is 4.07. The summed E-state index contributed by atoms with van der Waals surface area (Å²) in [6.07, 6.45) is 0. The van der Waals surface area contributed by atoms with Crippen LogP contribution < -0.4 is 5.32 Å². The van der Waals surface area contributed by atoms with Gasteiger partial charge in [-0.1, -0.05) is 28.9 Å². The topological polar surface area (TPSA) is 42.7 Å². The lowest BCUT2D eigenvalue weighted by Crippen LogP contribution is -2.09. The molecule has 5 heteroatoms. The van der Waals surface area contributed by atoms with E-state index >= 15 is 0 Å². The molecule has 1 heterocycles. The number of fused-ring (bicyclic) bond motifs is 1. The largest absolute Gasteiger partial charge is 0.366 e. The second-order valence-electron chi connectivity index (χ2n) is 4.43. The average Bonchev–Trinajstić information content (AvgIpc) is 2.78. The lowest BCUT2D eigenvalue weighted by Gasteiger charge is -2.07. The number of halogens is 1. The van der Waals surface area contributed by atoms with Crippen LogP contribution in [0.25, 0.3) is 11.0 Å². The van der Waals surface area contributed by atoms with Gasteiger partial charge in [-0.05, 0) is 42.8 Å². The summed E-state index contributed by atoms with van der Waals surface area (Å²) in [5, 5.41) is 12.3. The Morgan fingerprint density at radius 3 is 2.95 bits per heavy atom. The molecule has 4 nitrogen and oxygen atoms in total. The zero-order valence-corrected chi connectivity index (χ0v) is 11.2. The van der Waals surface area contributed by atoms with Gasteiger partial charge in [-0.15, -0.1) is 5.10 Å². The molecule has 0 atom stereocenters. The number of rotatable bonds is 3. The van der Waals surface area contributed by atoms with Crippen molar-refractivity contribution in [2.24, 2.45) is 0 Å². The average molecular weight is 273 g/mol. The van der Waals surface area contributed by atoms with E-state index in [1.54, 1.807) is 0 Å². The van der Waals surface area contributed by atoms with E-state index in [4.69, 9.17) is 11.6 Å². The van der Waals surface area contributed by atoms with Crippen LogP contribution in [0, 0.1) is 6.92 Å². The van der Waals surface area contributed by atoms with Gasteiger partial charge in [-0.3, -0.25) is 0 Å². The molecule has 2 aromatic carbocycles. The van der Waals surface area contributed by atoms with E-state index in [1.807, 2.05) is 48.0 Å². The molecule has 1 N–H and O–H groups in total. The van der Waals surface area contributed by atoms with Crippen molar-refractivity contribution in [1.82, 2.24) is 15.0 Å². The Labute approximate surface area is 116 Å². The highest BCUT2D eigenvalue weighted by Crippen LogP contribution is 2.16. The summed E-state index contributed by atoms with van der Waals surface area (Å²) in [4.78, 5) is 0. The van der Waals surface area contributed by atoms with E-state index in [9.17, 15) is 0 Å². The highest BCUT2D eigenvalue weighted by atomic mass is 35.5. The van der Waals surface area contributed by atoms with Crippen molar-refractivity contribution >= 4 is 28.3 Å². The van der Waals surface area contributed by atoms with Gasteiger partial charge in [0.1, 0.15) is 12.2 Å². The zero-order valence-electron chi connectivity index (χ0n) is 10.5. The fraction of sp³-hybridized carbons (Fsp3) is 0.143. The molecular formula is C14H13ClN4. The van der Waals surface area contributed by atoms with Gasteiger partial charge in [0, 0.05) is 10.7 Å². The molecule has 0 radical (unpaired) electrons. The van der Waals surface area contributed by atoms with Crippen LogP contribution in [0.3, 0.4) is 0 Å². The maximum absolute atomic E-state index is 5.94. The number of nitrogens with one attached hydrogen (secondary N) is 1. The summed E-state index contributed by atoms with van der Waals surface area (Å²) in [6.45, 7) is 2.60. The number of nitrogens with zero attached hydrogens (tertiary/aromatic N) is 3. The Balaban J connectivity index is 1.82. The Kier molecular flexibility index (Phi) is 3.09. The molecule has 0 amide bonds. The van der Waals surface area contributed by atoms with Gasteiger partial charge in [0.2, 0.25) is 0 Å². The maximum atomic E-state index is 5.94. The Bertz CT molecular complexity index is 720. The van der Waals surface area contributed by atoms with E-state index in [0.717, 1.165) is 16.7 Å². The van der Waals surface area contributed by atoms with Crippen LogP contribution in [-0.2, 0) is 6.67 Å². The first-order chi connectivity index (χ1) is 9.22. The van der Waals surface area contributed by atoms with Crippen LogP contribution in [0.15, 0.2) is 42.5 Å². The number of hydrogen-bond acceptors (Lipinski definition) is 3. The molecule has 0 saturated carbocycles. The summed E-state index contributed by atoms with van der Waals surface area (Å²) in [5.74, 6) is 0. The number of aryl methyl sites for hydroxylation is 1. The van der Waals surface area contributed by atoms with Crippen molar-refractivity contribution in [1.29, 1.82) is 0 Å². The molecule has 3 rings (SSSR count). The summed E-state index contributed by atoms with van der Waals surface area (Å²) >= 11 is 5.94. The van der Waals surface area contributed by atoms with Gasteiger partial charge in [-0.2, -0.15) is 0 Å². The highest BCUT2D eigenvalue weighted by Gasteiger charge is 2.03. The molecule has 19 heavy (non-hydrogen) atoms. The minimum absolute atomic E-state index is 0.555. The third-order valence-electron chi connectivity index (χ3n) is 2.93. The molecular weight excluding hydrogens is 260 g/mol. The molecule has 0 bridgehead atoms. The molecule has 0 aliphatic rings. The summed E-state index contributed by atoms with van der Waals surface area (Å²) < 4.78 is 1.83. The normalized spacial score (nSPS) is 10.8. The molecule has 0 unspecified atom stereocenters. The first kappa shape index (κ1) is 12.0. The molecule has 0 saturated heterocycles. The van der Waals surface area contributed by atoms with Crippen molar-refractivity contribution < 1.29 is 0 Å². The van der Waals surface area contributed by atoms with E-state index < -0.39 is 0 Å². The lowest BCUT2D eigenvalue weighted by atomic mass is 10.2. The molecule has 0 spiro atoms. The quantitative estimate of drug-likeness (QED) is 0.794. The highest BCUT2D eigenvalue weighted by molar-refractivity contribution is 6.30. The predicted molar refractivity (Wildman–Crippen MR) is 77.3 cm³/mol. The van der Waals surface area contributed by atoms with Crippen LogP contribution >= 0.6 is 11.6 Å². The molecule has 96 valence electrons. The SMILES string of the molecule is Cc1ccc2c(c1)nnn2CNc1cccc(Cl)c1. The Hall–Kier alpha value is -2.07. The van der Waals surface area contributed by atoms with Crippen molar-refractivity contribution in [2.75, 3.05) is 5.32 Å². The van der Waals surface area contributed by atoms with Gasteiger partial charge in [0.15, 0.2) is 0 Å². The van der Waals surface area contributed by atoms with E-state index in [0.29, 0.717) is 11.7 Å². The molecule has 0 fully saturated rings. The first-order valence-corrected chi connectivity index (χ1v) is 6.39. The molecule has 1 aromatic heterocycles. The van der Waals surface area contributed by atoms with E-state index in [-0.39, 0.29) is 0 Å². The predicted octanol–water partition coefficient (Wildman–Crippen LogP) is 3.46. The minimum Gasteiger partial charge on any atom is -0.366 e. The third-order valence-corrected chi connectivity index (χ3v) is 3.16. The van der Waals surface area contributed by atoms with Crippen LogP contribution in [0.1, 0.15) is 5.56 Å². The van der Waals surface area contributed by atoms with Gasteiger partial charge < -0.3 is 5.32 Å². The molecule has 3 aromatic rings. The van der Waals surface area contributed by atoms with E-state index in [1.165, 1.54) is 5.56 Å². The summed E-state index contributed by atoms with van der Waals surface area (Å²) in [6, 6.07) is 13.7. The van der Waals surface area contributed by atoms with Crippen LogP contribution in [-0.4, -0.2) is 15.0 Å². The van der Waals surface area contributed by atoms with Crippen LogP contribution in [0.4, 0.5) is 5.69 Å². The second kappa shape index (κ2) is 4.90. The van der Waals surface area contributed by atoms with Gasteiger partial charge in [-0.25, -0.2) is 4.68 Å². The smallest absolute Gasteiger partial charge is 0.113 e. The zero-order chi connectivity index (χ0) is 13.2. The Morgan fingerprint density at radius 2 is 2.11 bits per heavy atom. The minimum atomic E-state index is 0.555. The summed E-state index contributed by atoms with van der Waals surface area (Å²) in [7, 11) is 0. The van der Waals surface area contributed by atoms with Crippen molar-refractivity contribution in [3.63, 3.8) is 0 Å². The second-order valence-corrected chi connectivity index (χ2v) is 4.86. The lowest BCUT2D eigenvalue weighted by molar-refractivity contribution is 0.655. The van der Waals surface area contributed by atoms with Crippen LogP contribution in [0.2, 0.25) is 5.02 Å². The first-order valence-electron chi connectivity index (χ1n) is 6.02. The van der Waals surface area contributed by atoms with Gasteiger partial charge >= 0.3 is 0 Å². The van der Waals surface area contributed by atoms with Crippen molar-refractivity contribution in [3.8, 4) is 0 Å². The fourth-order valence-electron chi connectivity index (χ4n) is 1.96. The number of hydrogen-bond donors (Lipinski definition) is 1. The van der Waals surface area contributed by atoms with Gasteiger partial charge in [0.05, 0.1) is 5.52 Å². The van der Waals surface area contributed by atoms with Crippen molar-refractivity contribution in [2.45, 2.75) is 13.6 Å². The Morgan fingerprint density at radius 1 is 1.21 bits per heavy atom. The van der Waals surface area contributed by atoms with Crippen molar-refractivity contribution in [3.05, 3.63) is 53.1 Å². The maximum Gasteiger partial charge on any atom is 0.113 e. The van der Waals surface area contributed by atoms with E-state index in [2.05, 4.69) is 21.7 Å². The molecule has 0 aliphatic heterocycles. The number of anilines is 1. The van der Waals surface area contributed by atoms with Gasteiger partial charge in [0.25, 0.3) is 0 Å². The number of benzene rings is 2. The standard InChI is InChI=1S/C14H13ClN4/c1-10-5-6-14-13(7-10)17-18-19(14)9-16-12-4-2-3-11(15)8-12/h2-8,16H,9H2,1H3. The van der Waals surface area contributed by atoms with Crippen LogP contribution in [0.5, 0.6) is 0 Å².